The largest absolute Gasteiger partial charge is 0.497 e. The Morgan fingerprint density at radius 3 is 2.74 bits per heavy atom. The molecular weight excluding hydrogens is 442 g/mol. The Hall–Kier alpha value is -3.53. The fraction of sp³-hybridized carbons (Fsp3) is 0.375. The number of anilines is 1. The van der Waals surface area contributed by atoms with Gasteiger partial charge in [0.05, 0.1) is 19.6 Å². The first-order chi connectivity index (χ1) is 16.5. The van der Waals surface area contributed by atoms with Crippen LogP contribution in [-0.2, 0) is 6.54 Å². The van der Waals surface area contributed by atoms with Crippen LogP contribution in [0.25, 0.3) is 16.6 Å². The topological polar surface area (TPSA) is 85.6 Å². The van der Waals surface area contributed by atoms with Gasteiger partial charge in [0, 0.05) is 36.7 Å². The summed E-state index contributed by atoms with van der Waals surface area (Å²) >= 11 is 0. The van der Waals surface area contributed by atoms with E-state index in [0.717, 1.165) is 31.1 Å². The van der Waals surface area contributed by atoms with Crippen molar-refractivity contribution < 1.29 is 18.3 Å². The molecule has 1 saturated heterocycles. The van der Waals surface area contributed by atoms with Crippen LogP contribution in [0.5, 0.6) is 11.5 Å². The van der Waals surface area contributed by atoms with E-state index in [1.54, 1.807) is 20.3 Å². The van der Waals surface area contributed by atoms with Crippen LogP contribution >= 0.6 is 0 Å². The number of nitrogens with zero attached hydrogens (tertiary/aromatic N) is 4. The maximum Gasteiger partial charge on any atom is 0.226 e. The Morgan fingerprint density at radius 1 is 1.12 bits per heavy atom. The summed E-state index contributed by atoms with van der Waals surface area (Å²) in [6, 6.07) is 7.56. The average Bonchev–Trinajstić information content (AvgIpc) is 3.29. The predicted molar refractivity (Wildman–Crippen MR) is 124 cm³/mol. The highest BCUT2D eigenvalue weighted by atomic mass is 19.1. The molecule has 2 unspecified atom stereocenters. The molecule has 2 aromatic heterocycles. The number of aromatic nitrogens is 4. The van der Waals surface area contributed by atoms with E-state index in [9.17, 15) is 8.78 Å². The second-order valence-electron chi connectivity index (χ2n) is 8.65. The molecule has 5 rings (SSSR count). The molecule has 8 nitrogen and oxygen atoms in total. The highest BCUT2D eigenvalue weighted by Gasteiger charge is 2.26. The van der Waals surface area contributed by atoms with Gasteiger partial charge in [-0.1, -0.05) is 6.92 Å². The number of benzene rings is 2. The zero-order valence-electron chi connectivity index (χ0n) is 19.2. The molecule has 2 N–H and O–H groups in total. The van der Waals surface area contributed by atoms with Crippen LogP contribution in [0.15, 0.2) is 30.3 Å². The van der Waals surface area contributed by atoms with E-state index in [4.69, 9.17) is 19.6 Å². The van der Waals surface area contributed by atoms with Gasteiger partial charge in [0.1, 0.15) is 22.8 Å². The standard InChI is InChI=1S/C24H26F2N6O2/c1-13-6-15(11-27-10-13)22-30-23-18-7-16(25)8-19(26)21(18)29-24(32(23)31-22)28-12-14-4-5-17(33-2)9-20(14)34-3/h4-5,7-9,13,15,27H,6,10-12H2,1-3H3,(H,28,29). The first kappa shape index (κ1) is 22.3. The van der Waals surface area contributed by atoms with Crippen molar-refractivity contribution in [3.05, 3.63) is 53.4 Å². The zero-order valence-corrected chi connectivity index (χ0v) is 19.2. The van der Waals surface area contributed by atoms with Gasteiger partial charge in [-0.2, -0.15) is 4.52 Å². The van der Waals surface area contributed by atoms with Crippen LogP contribution in [-0.4, -0.2) is 46.9 Å². The van der Waals surface area contributed by atoms with Gasteiger partial charge in [-0.25, -0.2) is 18.7 Å². The molecule has 1 fully saturated rings. The summed E-state index contributed by atoms with van der Waals surface area (Å²) in [7, 11) is 3.17. The number of hydrogen-bond donors (Lipinski definition) is 2. The molecule has 1 aliphatic rings. The van der Waals surface area contributed by atoms with Gasteiger partial charge < -0.3 is 20.1 Å². The lowest BCUT2D eigenvalue weighted by molar-refractivity contribution is 0.355. The number of rotatable bonds is 6. The van der Waals surface area contributed by atoms with E-state index >= 15 is 0 Å². The number of piperidine rings is 1. The van der Waals surface area contributed by atoms with E-state index in [2.05, 4.69) is 22.5 Å². The Bertz CT molecular complexity index is 1360. The molecule has 0 aliphatic carbocycles. The number of nitrogens with one attached hydrogen (secondary N) is 2. The fourth-order valence-corrected chi connectivity index (χ4v) is 4.47. The second kappa shape index (κ2) is 9.02. The first-order valence-corrected chi connectivity index (χ1v) is 11.2. The third-order valence-electron chi connectivity index (χ3n) is 6.18. The molecular formula is C24H26F2N6O2. The molecule has 0 saturated carbocycles. The third kappa shape index (κ3) is 4.09. The van der Waals surface area contributed by atoms with Crippen LogP contribution in [0.3, 0.4) is 0 Å². The van der Waals surface area contributed by atoms with Gasteiger partial charge in [0.2, 0.25) is 5.95 Å². The number of methoxy groups -OCH3 is 2. The molecule has 178 valence electrons. The number of halogens is 2. The molecule has 1 aliphatic heterocycles. The molecule has 0 spiro atoms. The minimum atomic E-state index is -0.750. The number of hydrogen-bond acceptors (Lipinski definition) is 7. The molecule has 4 aromatic rings. The van der Waals surface area contributed by atoms with Crippen molar-refractivity contribution in [3.8, 4) is 11.5 Å². The Morgan fingerprint density at radius 2 is 1.97 bits per heavy atom. The van der Waals surface area contributed by atoms with Crippen LogP contribution in [0, 0.1) is 17.6 Å². The Kier molecular flexibility index (Phi) is 5.91. The quantitative estimate of drug-likeness (QED) is 0.444. The lowest BCUT2D eigenvalue weighted by atomic mass is 9.91. The maximum atomic E-state index is 14.7. The van der Waals surface area contributed by atoms with Crippen LogP contribution in [0.2, 0.25) is 0 Å². The molecule has 2 aromatic carbocycles. The third-order valence-corrected chi connectivity index (χ3v) is 6.18. The highest BCUT2D eigenvalue weighted by Crippen LogP contribution is 2.30. The van der Waals surface area contributed by atoms with Crippen molar-refractivity contribution in [2.24, 2.45) is 5.92 Å². The minimum Gasteiger partial charge on any atom is -0.497 e. The fourth-order valence-electron chi connectivity index (χ4n) is 4.47. The molecule has 0 amide bonds. The van der Waals surface area contributed by atoms with Crippen molar-refractivity contribution in [1.82, 2.24) is 24.9 Å². The normalized spacial score (nSPS) is 18.4. The smallest absolute Gasteiger partial charge is 0.226 e. The van der Waals surface area contributed by atoms with Crippen molar-refractivity contribution in [2.45, 2.75) is 25.8 Å². The Labute approximate surface area is 195 Å². The van der Waals surface area contributed by atoms with Crippen LogP contribution < -0.4 is 20.1 Å². The van der Waals surface area contributed by atoms with Gasteiger partial charge in [0.25, 0.3) is 0 Å². The van der Waals surface area contributed by atoms with Crippen molar-refractivity contribution in [1.29, 1.82) is 0 Å². The molecule has 3 heterocycles. The van der Waals surface area contributed by atoms with E-state index in [0.29, 0.717) is 41.4 Å². The summed E-state index contributed by atoms with van der Waals surface area (Å²) in [5.74, 6) is 1.40. The van der Waals surface area contributed by atoms with Gasteiger partial charge >= 0.3 is 0 Å². The predicted octanol–water partition coefficient (Wildman–Crippen LogP) is 3.90. The van der Waals surface area contributed by atoms with E-state index in [-0.39, 0.29) is 16.8 Å². The highest BCUT2D eigenvalue weighted by molar-refractivity contribution is 5.92. The zero-order chi connectivity index (χ0) is 23.8. The van der Waals surface area contributed by atoms with Crippen molar-refractivity contribution in [3.63, 3.8) is 0 Å². The summed E-state index contributed by atoms with van der Waals surface area (Å²) in [6.45, 7) is 4.20. The summed E-state index contributed by atoms with van der Waals surface area (Å²) in [4.78, 5) is 9.16. The SMILES string of the molecule is COc1ccc(CNc2nc3c(F)cc(F)cc3c3nc(C4CNCC(C)C4)nn23)c(OC)c1. The summed E-state index contributed by atoms with van der Waals surface area (Å²) in [5.41, 5.74) is 1.25. The summed E-state index contributed by atoms with van der Waals surface area (Å²) < 4.78 is 41.0. The van der Waals surface area contributed by atoms with Gasteiger partial charge in [-0.15, -0.1) is 5.10 Å². The van der Waals surface area contributed by atoms with Crippen LogP contribution in [0.4, 0.5) is 14.7 Å². The van der Waals surface area contributed by atoms with Gasteiger partial charge in [-0.05, 0) is 37.1 Å². The Balaban J connectivity index is 1.59. The lowest BCUT2D eigenvalue weighted by Crippen LogP contribution is -2.34. The van der Waals surface area contributed by atoms with E-state index in [1.165, 1.54) is 10.6 Å². The molecule has 10 heteroatoms. The summed E-state index contributed by atoms with van der Waals surface area (Å²) in [6.07, 6.45) is 0.934. The number of ether oxygens (including phenoxy) is 2. The lowest BCUT2D eigenvalue weighted by Gasteiger charge is -2.25. The van der Waals surface area contributed by atoms with E-state index in [1.807, 2.05) is 12.1 Å². The molecule has 0 bridgehead atoms. The molecule has 34 heavy (non-hydrogen) atoms. The average molecular weight is 469 g/mol. The first-order valence-electron chi connectivity index (χ1n) is 11.2. The monoisotopic (exact) mass is 468 g/mol. The number of fused-ring (bicyclic) bond motifs is 3. The van der Waals surface area contributed by atoms with Crippen molar-refractivity contribution >= 4 is 22.5 Å². The summed E-state index contributed by atoms with van der Waals surface area (Å²) in [5, 5.41) is 11.6. The van der Waals surface area contributed by atoms with Crippen LogP contribution in [0.1, 0.15) is 30.7 Å². The van der Waals surface area contributed by atoms with Crippen molar-refractivity contribution in [2.75, 3.05) is 32.6 Å². The van der Waals surface area contributed by atoms with Gasteiger partial charge in [0.15, 0.2) is 17.3 Å². The van der Waals surface area contributed by atoms with Gasteiger partial charge in [-0.3, -0.25) is 0 Å². The molecule has 0 radical (unpaired) electrons. The maximum absolute atomic E-state index is 14.7. The molecule has 2 atom stereocenters. The minimum absolute atomic E-state index is 0.0344. The van der Waals surface area contributed by atoms with E-state index < -0.39 is 11.6 Å². The second-order valence-corrected chi connectivity index (χ2v) is 8.65.